The summed E-state index contributed by atoms with van der Waals surface area (Å²) in [6, 6.07) is 7.40. The highest BCUT2D eigenvalue weighted by atomic mass is 32.1. The van der Waals surface area contributed by atoms with Gasteiger partial charge in [-0.25, -0.2) is 4.79 Å². The number of hydrogen-bond donors (Lipinski definition) is 2. The number of carbonyl (C=O) groups is 1. The van der Waals surface area contributed by atoms with Crippen molar-refractivity contribution in [3.8, 4) is 0 Å². The molecule has 0 spiro atoms. The van der Waals surface area contributed by atoms with E-state index in [1.54, 1.807) is 0 Å². The highest BCUT2D eigenvalue weighted by Crippen LogP contribution is 2.31. The third-order valence-corrected chi connectivity index (χ3v) is 4.88. The number of nitrogens with zero attached hydrogens (tertiary/aromatic N) is 1. The number of carboxylic acid groups (broad SMARTS) is 1. The summed E-state index contributed by atoms with van der Waals surface area (Å²) < 4.78 is 5.47. The first-order chi connectivity index (χ1) is 9.75. The fourth-order valence-electron chi connectivity index (χ4n) is 2.99. The number of rotatable bonds is 4. The van der Waals surface area contributed by atoms with E-state index in [1.807, 2.05) is 24.3 Å². The molecule has 1 aliphatic carbocycles. The molecule has 1 fully saturated rings. The molecule has 20 heavy (non-hydrogen) atoms. The Morgan fingerprint density at radius 3 is 2.80 bits per heavy atom. The second kappa shape index (κ2) is 5.79. The highest BCUT2D eigenvalue weighted by Gasteiger charge is 2.30. The molecule has 1 unspecified atom stereocenters. The van der Waals surface area contributed by atoms with E-state index in [2.05, 4.69) is 9.69 Å². The van der Waals surface area contributed by atoms with Crippen molar-refractivity contribution in [2.45, 2.75) is 38.1 Å². The molecule has 1 heterocycles. The van der Waals surface area contributed by atoms with E-state index in [4.69, 9.17) is 0 Å². The third-order valence-electron chi connectivity index (χ3n) is 4.06. The van der Waals surface area contributed by atoms with E-state index in [9.17, 15) is 9.90 Å². The molecular formula is C15H18N2O2S. The zero-order chi connectivity index (χ0) is 13.9. The Balaban J connectivity index is 1.84. The Kier molecular flexibility index (Phi) is 3.87. The Hall–Kier alpha value is -1.62. The van der Waals surface area contributed by atoms with Crippen LogP contribution in [0.15, 0.2) is 24.3 Å². The minimum absolute atomic E-state index is 0.210. The lowest BCUT2D eigenvalue weighted by Gasteiger charge is -2.28. The van der Waals surface area contributed by atoms with Crippen LogP contribution in [0.3, 0.4) is 0 Å². The molecule has 1 aromatic carbocycles. The SMILES string of the molecule is O=C(O)C(Nc1nsc2ccccc12)C1CCCCC1. The summed E-state index contributed by atoms with van der Waals surface area (Å²) in [5.41, 5.74) is 0. The van der Waals surface area contributed by atoms with E-state index in [-0.39, 0.29) is 5.92 Å². The molecule has 4 nitrogen and oxygen atoms in total. The van der Waals surface area contributed by atoms with Crippen molar-refractivity contribution in [2.75, 3.05) is 5.32 Å². The van der Waals surface area contributed by atoms with Crippen molar-refractivity contribution in [1.82, 2.24) is 4.37 Å². The van der Waals surface area contributed by atoms with Crippen molar-refractivity contribution in [3.63, 3.8) is 0 Å². The normalized spacial score (nSPS) is 18.0. The average Bonchev–Trinajstić information content (AvgIpc) is 2.88. The zero-order valence-electron chi connectivity index (χ0n) is 11.2. The van der Waals surface area contributed by atoms with Gasteiger partial charge in [0.1, 0.15) is 11.9 Å². The quantitative estimate of drug-likeness (QED) is 0.900. The van der Waals surface area contributed by atoms with Crippen molar-refractivity contribution >= 4 is 33.4 Å². The van der Waals surface area contributed by atoms with Crippen LogP contribution in [0.4, 0.5) is 5.82 Å². The molecule has 1 saturated carbocycles. The van der Waals surface area contributed by atoms with Crippen LogP contribution in [0, 0.1) is 5.92 Å². The predicted octanol–water partition coefficient (Wildman–Crippen LogP) is 3.74. The number of fused-ring (bicyclic) bond motifs is 1. The van der Waals surface area contributed by atoms with Gasteiger partial charge in [-0.1, -0.05) is 31.4 Å². The maximum Gasteiger partial charge on any atom is 0.326 e. The van der Waals surface area contributed by atoms with Gasteiger partial charge < -0.3 is 10.4 Å². The van der Waals surface area contributed by atoms with Gasteiger partial charge in [0, 0.05) is 5.39 Å². The predicted molar refractivity (Wildman–Crippen MR) is 81.2 cm³/mol. The van der Waals surface area contributed by atoms with E-state index in [0.717, 1.165) is 35.8 Å². The van der Waals surface area contributed by atoms with Gasteiger partial charge in [0.15, 0.2) is 0 Å². The average molecular weight is 290 g/mol. The van der Waals surface area contributed by atoms with Crippen molar-refractivity contribution < 1.29 is 9.90 Å². The first-order valence-electron chi connectivity index (χ1n) is 7.09. The fraction of sp³-hybridized carbons (Fsp3) is 0.467. The van der Waals surface area contributed by atoms with Crippen molar-refractivity contribution in [1.29, 1.82) is 0 Å². The molecule has 1 aromatic heterocycles. The van der Waals surface area contributed by atoms with E-state index in [0.29, 0.717) is 5.82 Å². The lowest BCUT2D eigenvalue weighted by atomic mass is 9.84. The van der Waals surface area contributed by atoms with E-state index < -0.39 is 12.0 Å². The van der Waals surface area contributed by atoms with Crippen LogP contribution in [0.1, 0.15) is 32.1 Å². The Morgan fingerprint density at radius 2 is 2.05 bits per heavy atom. The minimum atomic E-state index is -0.769. The molecule has 0 amide bonds. The summed E-state index contributed by atoms with van der Waals surface area (Å²) in [6.07, 6.45) is 5.47. The number of hydrogen-bond acceptors (Lipinski definition) is 4. The van der Waals surface area contributed by atoms with Gasteiger partial charge in [0.25, 0.3) is 0 Å². The number of benzene rings is 1. The lowest BCUT2D eigenvalue weighted by molar-refractivity contribution is -0.139. The van der Waals surface area contributed by atoms with Gasteiger partial charge in [-0.15, -0.1) is 0 Å². The molecule has 5 heteroatoms. The zero-order valence-corrected chi connectivity index (χ0v) is 12.0. The standard InChI is InChI=1S/C15H18N2O2S/c18-15(19)13(10-6-2-1-3-7-10)16-14-11-8-4-5-9-12(11)20-17-14/h4-5,8-10,13H,1-3,6-7H2,(H,16,17)(H,18,19). The van der Waals surface area contributed by atoms with Gasteiger partial charge in [-0.05, 0) is 42.4 Å². The van der Waals surface area contributed by atoms with Crippen LogP contribution in [0.25, 0.3) is 10.1 Å². The molecule has 0 bridgehead atoms. The topological polar surface area (TPSA) is 62.2 Å². The van der Waals surface area contributed by atoms with Gasteiger partial charge in [-0.3, -0.25) is 0 Å². The molecule has 3 rings (SSSR count). The first-order valence-corrected chi connectivity index (χ1v) is 7.87. The molecule has 1 aliphatic rings. The minimum Gasteiger partial charge on any atom is -0.480 e. The lowest BCUT2D eigenvalue weighted by Crippen LogP contribution is -2.38. The summed E-state index contributed by atoms with van der Waals surface area (Å²) in [4.78, 5) is 11.6. The van der Waals surface area contributed by atoms with Crippen LogP contribution < -0.4 is 5.32 Å². The van der Waals surface area contributed by atoms with Crippen LogP contribution in [-0.4, -0.2) is 21.5 Å². The Bertz CT molecular complexity index is 605. The second-order valence-electron chi connectivity index (χ2n) is 5.39. The second-order valence-corrected chi connectivity index (χ2v) is 6.19. The monoisotopic (exact) mass is 290 g/mol. The van der Waals surface area contributed by atoms with Crippen LogP contribution in [0.2, 0.25) is 0 Å². The number of aliphatic carboxylic acids is 1. The molecular weight excluding hydrogens is 272 g/mol. The molecule has 1 atom stereocenters. The molecule has 0 radical (unpaired) electrons. The number of aromatic nitrogens is 1. The largest absolute Gasteiger partial charge is 0.480 e. The van der Waals surface area contributed by atoms with Crippen molar-refractivity contribution in [3.05, 3.63) is 24.3 Å². The van der Waals surface area contributed by atoms with Gasteiger partial charge in [0.2, 0.25) is 0 Å². The van der Waals surface area contributed by atoms with Gasteiger partial charge >= 0.3 is 5.97 Å². The summed E-state index contributed by atoms with van der Waals surface area (Å²) in [6.45, 7) is 0. The van der Waals surface area contributed by atoms with Crippen LogP contribution in [-0.2, 0) is 4.79 Å². The van der Waals surface area contributed by atoms with Crippen LogP contribution in [0.5, 0.6) is 0 Å². The summed E-state index contributed by atoms with van der Waals surface area (Å²) >= 11 is 1.41. The Morgan fingerprint density at radius 1 is 1.30 bits per heavy atom. The summed E-state index contributed by atoms with van der Waals surface area (Å²) in [5.74, 6) is 0.152. The molecule has 2 N–H and O–H groups in total. The number of carboxylic acids is 1. The highest BCUT2D eigenvalue weighted by molar-refractivity contribution is 7.13. The summed E-state index contributed by atoms with van der Waals surface area (Å²) in [7, 11) is 0. The number of nitrogens with one attached hydrogen (secondary N) is 1. The van der Waals surface area contributed by atoms with Crippen LogP contribution >= 0.6 is 11.5 Å². The van der Waals surface area contributed by atoms with E-state index >= 15 is 0 Å². The Labute approximate surface area is 122 Å². The fourth-order valence-corrected chi connectivity index (χ4v) is 3.73. The molecule has 0 saturated heterocycles. The number of anilines is 1. The maximum atomic E-state index is 11.6. The van der Waals surface area contributed by atoms with Gasteiger partial charge in [0.05, 0.1) is 4.70 Å². The maximum absolute atomic E-state index is 11.6. The third kappa shape index (κ3) is 2.63. The molecule has 106 valence electrons. The van der Waals surface area contributed by atoms with E-state index in [1.165, 1.54) is 18.0 Å². The smallest absolute Gasteiger partial charge is 0.326 e. The van der Waals surface area contributed by atoms with Crippen molar-refractivity contribution in [2.24, 2.45) is 5.92 Å². The summed E-state index contributed by atoms with van der Waals surface area (Å²) in [5, 5.41) is 13.7. The first kappa shape index (κ1) is 13.4. The van der Waals surface area contributed by atoms with Gasteiger partial charge in [-0.2, -0.15) is 4.37 Å². The molecule has 0 aliphatic heterocycles. The molecule has 2 aromatic rings.